The smallest absolute Gasteiger partial charge is 0.236 e. The molecule has 0 aliphatic rings. The predicted molar refractivity (Wildman–Crippen MR) is 64.0 cm³/mol. The summed E-state index contributed by atoms with van der Waals surface area (Å²) in [6, 6.07) is 0. The summed E-state index contributed by atoms with van der Waals surface area (Å²) in [6.45, 7) is 5.28. The zero-order chi connectivity index (χ0) is 12.7. The lowest BCUT2D eigenvalue weighted by Crippen LogP contribution is -2.41. The Hall–Kier alpha value is -1.10. The molecule has 0 rings (SSSR count). The van der Waals surface area contributed by atoms with Crippen molar-refractivity contribution in [1.29, 1.82) is 0 Å². The first kappa shape index (κ1) is 14.9. The highest BCUT2D eigenvalue weighted by molar-refractivity contribution is 5.80. The minimum Gasteiger partial charge on any atom is -0.355 e. The highest BCUT2D eigenvalue weighted by Gasteiger charge is 2.11. The molecule has 0 radical (unpaired) electrons. The molecule has 5 heteroatoms. The van der Waals surface area contributed by atoms with Gasteiger partial charge in [-0.05, 0) is 13.0 Å². The second-order valence-corrected chi connectivity index (χ2v) is 4.66. The molecule has 0 unspecified atom stereocenters. The van der Waals surface area contributed by atoms with Gasteiger partial charge in [0.15, 0.2) is 0 Å². The van der Waals surface area contributed by atoms with E-state index in [0.717, 1.165) is 0 Å². The van der Waals surface area contributed by atoms with Gasteiger partial charge in [0, 0.05) is 20.6 Å². The van der Waals surface area contributed by atoms with Crippen LogP contribution in [0.3, 0.4) is 0 Å². The third-order valence-corrected chi connectivity index (χ3v) is 2.02. The fourth-order valence-electron chi connectivity index (χ4n) is 1.05. The van der Waals surface area contributed by atoms with E-state index in [1.807, 2.05) is 13.8 Å². The molecule has 16 heavy (non-hydrogen) atoms. The number of hydrogen-bond donors (Lipinski definition) is 1. The Balaban J connectivity index is 3.82. The van der Waals surface area contributed by atoms with E-state index in [0.29, 0.717) is 12.5 Å². The van der Waals surface area contributed by atoms with Crippen LogP contribution in [0.1, 0.15) is 13.8 Å². The molecule has 0 aliphatic carbocycles. The highest BCUT2D eigenvalue weighted by Crippen LogP contribution is 1.89. The molecule has 0 atom stereocenters. The first-order chi connectivity index (χ1) is 7.32. The van der Waals surface area contributed by atoms with Crippen molar-refractivity contribution in [2.45, 2.75) is 13.8 Å². The number of likely N-dealkylation sites (N-methyl/N-ethyl adjacent to an activating group) is 2. The minimum atomic E-state index is -0.0391. The van der Waals surface area contributed by atoms with E-state index in [9.17, 15) is 9.59 Å². The van der Waals surface area contributed by atoms with Gasteiger partial charge in [0.1, 0.15) is 0 Å². The third kappa shape index (κ3) is 7.23. The van der Waals surface area contributed by atoms with Crippen molar-refractivity contribution in [1.82, 2.24) is 15.1 Å². The molecule has 1 N–H and O–H groups in total. The first-order valence-corrected chi connectivity index (χ1v) is 5.48. The summed E-state index contributed by atoms with van der Waals surface area (Å²) in [4.78, 5) is 26.0. The monoisotopic (exact) mass is 229 g/mol. The minimum absolute atomic E-state index is 0.000778. The molecule has 0 heterocycles. The van der Waals surface area contributed by atoms with Crippen LogP contribution in [0, 0.1) is 5.92 Å². The number of carbonyl (C=O) groups excluding carboxylic acids is 2. The van der Waals surface area contributed by atoms with Crippen LogP contribution in [0.5, 0.6) is 0 Å². The van der Waals surface area contributed by atoms with Gasteiger partial charge >= 0.3 is 0 Å². The average molecular weight is 229 g/mol. The van der Waals surface area contributed by atoms with Gasteiger partial charge in [-0.25, -0.2) is 0 Å². The van der Waals surface area contributed by atoms with E-state index in [4.69, 9.17) is 0 Å². The van der Waals surface area contributed by atoms with Crippen LogP contribution in [0.2, 0.25) is 0 Å². The Labute approximate surface area is 97.8 Å². The largest absolute Gasteiger partial charge is 0.355 e. The Morgan fingerprint density at radius 2 is 1.69 bits per heavy atom. The van der Waals surface area contributed by atoms with Crippen molar-refractivity contribution in [3.05, 3.63) is 0 Å². The van der Waals surface area contributed by atoms with Crippen molar-refractivity contribution in [3.63, 3.8) is 0 Å². The summed E-state index contributed by atoms with van der Waals surface area (Å²) in [6.07, 6.45) is 0. The Morgan fingerprint density at radius 3 is 2.12 bits per heavy atom. The zero-order valence-corrected chi connectivity index (χ0v) is 10.9. The van der Waals surface area contributed by atoms with Crippen LogP contribution >= 0.6 is 0 Å². The third-order valence-electron chi connectivity index (χ3n) is 2.02. The van der Waals surface area contributed by atoms with Crippen LogP contribution < -0.4 is 5.32 Å². The number of amides is 2. The maximum absolute atomic E-state index is 11.4. The molecule has 2 amide bonds. The molecule has 0 aromatic heterocycles. The van der Waals surface area contributed by atoms with Crippen LogP contribution in [0.25, 0.3) is 0 Å². The summed E-state index contributed by atoms with van der Waals surface area (Å²) >= 11 is 0. The van der Waals surface area contributed by atoms with Gasteiger partial charge < -0.3 is 10.2 Å². The van der Waals surface area contributed by atoms with Gasteiger partial charge in [-0.3, -0.25) is 14.5 Å². The summed E-state index contributed by atoms with van der Waals surface area (Å²) in [5.74, 6) is 0.402. The van der Waals surface area contributed by atoms with Crippen LogP contribution in [-0.4, -0.2) is 62.4 Å². The number of carbonyl (C=O) groups is 2. The van der Waals surface area contributed by atoms with E-state index >= 15 is 0 Å². The molecular formula is C11H23N3O2. The molecule has 5 nitrogen and oxygen atoms in total. The number of nitrogens with zero attached hydrogens (tertiary/aromatic N) is 2. The fraction of sp³-hybridized carbons (Fsp3) is 0.818. The maximum atomic E-state index is 11.4. The van der Waals surface area contributed by atoms with E-state index in [2.05, 4.69) is 5.32 Å². The highest BCUT2D eigenvalue weighted by atomic mass is 16.2. The Kier molecular flexibility index (Phi) is 6.72. The number of hydrogen-bond acceptors (Lipinski definition) is 3. The van der Waals surface area contributed by atoms with Crippen LogP contribution in [0.4, 0.5) is 0 Å². The van der Waals surface area contributed by atoms with E-state index in [1.54, 1.807) is 26.0 Å². The Bertz CT molecular complexity index is 239. The summed E-state index contributed by atoms with van der Waals surface area (Å²) in [5, 5.41) is 2.81. The lowest BCUT2D eigenvalue weighted by molar-refractivity contribution is -0.130. The first-order valence-electron chi connectivity index (χ1n) is 5.48. The molecule has 94 valence electrons. The molecule has 0 aromatic carbocycles. The van der Waals surface area contributed by atoms with Crippen LogP contribution in [-0.2, 0) is 9.59 Å². The molecule has 0 fully saturated rings. The predicted octanol–water partition coefficient (Wildman–Crippen LogP) is -0.221. The van der Waals surface area contributed by atoms with Crippen molar-refractivity contribution in [2.75, 3.05) is 40.8 Å². The quantitative estimate of drug-likeness (QED) is 0.685. The molecule has 0 aliphatic heterocycles. The Morgan fingerprint density at radius 1 is 1.12 bits per heavy atom. The van der Waals surface area contributed by atoms with Gasteiger partial charge in [-0.2, -0.15) is 0 Å². The second-order valence-electron chi connectivity index (χ2n) is 4.66. The molecule has 0 saturated heterocycles. The normalized spacial score (nSPS) is 10.7. The molecule has 0 aromatic rings. The fourth-order valence-corrected chi connectivity index (χ4v) is 1.05. The van der Waals surface area contributed by atoms with Gasteiger partial charge in [0.05, 0.1) is 13.1 Å². The molecule has 0 saturated carbocycles. The summed E-state index contributed by atoms with van der Waals surface area (Å²) in [5.41, 5.74) is 0. The molecule has 0 bridgehead atoms. The average Bonchev–Trinajstić information content (AvgIpc) is 2.14. The summed E-state index contributed by atoms with van der Waals surface area (Å²) < 4.78 is 0. The van der Waals surface area contributed by atoms with E-state index in [-0.39, 0.29) is 24.9 Å². The van der Waals surface area contributed by atoms with Gasteiger partial charge in [-0.1, -0.05) is 13.8 Å². The maximum Gasteiger partial charge on any atom is 0.236 e. The second kappa shape index (κ2) is 7.22. The zero-order valence-electron chi connectivity index (χ0n) is 10.9. The van der Waals surface area contributed by atoms with Crippen molar-refractivity contribution >= 4 is 11.8 Å². The van der Waals surface area contributed by atoms with E-state index < -0.39 is 0 Å². The molecular weight excluding hydrogens is 206 g/mol. The lowest BCUT2D eigenvalue weighted by atomic mass is 10.2. The SMILES string of the molecule is CC(C)CNC(=O)CN(C)CC(=O)N(C)C. The number of nitrogens with one attached hydrogen (secondary N) is 1. The standard InChI is InChI=1S/C11H23N3O2/c1-9(2)6-12-10(15)7-14(5)8-11(16)13(3)4/h9H,6-8H2,1-5H3,(H,12,15). The van der Waals surface area contributed by atoms with Gasteiger partial charge in [0.2, 0.25) is 11.8 Å². The van der Waals surface area contributed by atoms with Crippen molar-refractivity contribution in [2.24, 2.45) is 5.92 Å². The lowest BCUT2D eigenvalue weighted by Gasteiger charge is -2.18. The van der Waals surface area contributed by atoms with E-state index in [1.165, 1.54) is 4.90 Å². The van der Waals surface area contributed by atoms with Crippen molar-refractivity contribution < 1.29 is 9.59 Å². The van der Waals surface area contributed by atoms with Gasteiger partial charge in [0.25, 0.3) is 0 Å². The van der Waals surface area contributed by atoms with Gasteiger partial charge in [-0.15, -0.1) is 0 Å². The number of rotatable bonds is 6. The molecule has 0 spiro atoms. The summed E-state index contributed by atoms with van der Waals surface area (Å²) in [7, 11) is 5.17. The van der Waals surface area contributed by atoms with Crippen molar-refractivity contribution in [3.8, 4) is 0 Å². The van der Waals surface area contributed by atoms with Crippen LogP contribution in [0.15, 0.2) is 0 Å². The topological polar surface area (TPSA) is 52.7 Å².